The minimum absolute atomic E-state index is 0.134. The first-order chi connectivity index (χ1) is 17.9. The number of amides is 1. The molecule has 3 aromatic carbocycles. The lowest BCUT2D eigenvalue weighted by molar-refractivity contribution is -0.132. The number of rotatable bonds is 4. The number of ketones is 1. The summed E-state index contributed by atoms with van der Waals surface area (Å²) < 4.78 is 31.0. The van der Waals surface area contributed by atoms with Crippen molar-refractivity contribution in [3.8, 4) is 17.2 Å². The van der Waals surface area contributed by atoms with Crippen molar-refractivity contribution in [2.24, 2.45) is 0 Å². The molecule has 186 valence electrons. The van der Waals surface area contributed by atoms with Gasteiger partial charge in [-0.25, -0.2) is 9.37 Å². The molecule has 1 unspecified atom stereocenters. The second-order valence-electron chi connectivity index (χ2n) is 8.41. The quantitative estimate of drug-likeness (QED) is 0.235. The van der Waals surface area contributed by atoms with Crippen LogP contribution in [0.15, 0.2) is 66.2 Å². The molecule has 1 amide bonds. The summed E-state index contributed by atoms with van der Waals surface area (Å²) in [6.45, 7) is 0.752. The van der Waals surface area contributed by atoms with Crippen LogP contribution in [0.4, 0.5) is 9.52 Å². The number of ether oxygens (including phenoxy) is 3. The molecule has 0 bridgehead atoms. The number of carbonyl (C=O) groups is 2. The highest BCUT2D eigenvalue weighted by Gasteiger charge is 2.48. The maximum atomic E-state index is 13.8. The number of aliphatic hydroxyl groups excluding tert-OH is 1. The van der Waals surface area contributed by atoms with Gasteiger partial charge in [0, 0.05) is 5.56 Å². The largest absolute Gasteiger partial charge is 0.507 e. The van der Waals surface area contributed by atoms with Crippen molar-refractivity contribution in [1.29, 1.82) is 0 Å². The first-order valence-electron chi connectivity index (χ1n) is 11.4. The minimum Gasteiger partial charge on any atom is -0.507 e. The monoisotopic (exact) mass is 518 g/mol. The van der Waals surface area contributed by atoms with Crippen LogP contribution >= 0.6 is 11.3 Å². The zero-order valence-electron chi connectivity index (χ0n) is 19.4. The summed E-state index contributed by atoms with van der Waals surface area (Å²) in [5.74, 6) is -1.02. The average Bonchev–Trinajstić information content (AvgIpc) is 3.46. The molecule has 1 atom stereocenters. The molecule has 8 nitrogen and oxygen atoms in total. The van der Waals surface area contributed by atoms with Crippen LogP contribution in [0.25, 0.3) is 16.0 Å². The van der Waals surface area contributed by atoms with Gasteiger partial charge in [0.25, 0.3) is 5.78 Å². The Hall–Kier alpha value is -4.44. The van der Waals surface area contributed by atoms with Gasteiger partial charge >= 0.3 is 5.91 Å². The van der Waals surface area contributed by atoms with Crippen molar-refractivity contribution in [2.45, 2.75) is 6.04 Å². The third kappa shape index (κ3) is 3.86. The molecular formula is C27H19FN2O6S. The predicted octanol–water partition coefficient (Wildman–Crippen LogP) is 4.84. The van der Waals surface area contributed by atoms with Crippen molar-refractivity contribution >= 4 is 44.1 Å². The lowest BCUT2D eigenvalue weighted by Gasteiger charge is -2.23. The third-order valence-corrected chi connectivity index (χ3v) is 7.25. The SMILES string of the molecule is COc1ccc2nc(N3C(=O)C(=O)/C(=C(/O)c4ccc5c(c4)OCCO5)C3c3ccc(F)cc3)sc2c1. The van der Waals surface area contributed by atoms with Gasteiger partial charge in [0.1, 0.15) is 30.5 Å². The molecule has 1 N–H and O–H groups in total. The summed E-state index contributed by atoms with van der Waals surface area (Å²) in [6.07, 6.45) is 0. The molecule has 1 saturated heterocycles. The molecule has 0 aliphatic carbocycles. The Morgan fingerprint density at radius 2 is 1.81 bits per heavy atom. The lowest BCUT2D eigenvalue weighted by atomic mass is 9.95. The molecule has 0 saturated carbocycles. The van der Waals surface area contributed by atoms with Crippen LogP contribution in [-0.4, -0.2) is 42.1 Å². The van der Waals surface area contributed by atoms with E-state index in [0.29, 0.717) is 41.5 Å². The minimum atomic E-state index is -1.03. The number of hydrogen-bond acceptors (Lipinski definition) is 8. The van der Waals surface area contributed by atoms with Gasteiger partial charge in [-0.3, -0.25) is 14.5 Å². The van der Waals surface area contributed by atoms with Gasteiger partial charge in [-0.05, 0) is 54.1 Å². The van der Waals surface area contributed by atoms with E-state index in [1.807, 2.05) is 0 Å². The highest BCUT2D eigenvalue weighted by molar-refractivity contribution is 7.22. The van der Waals surface area contributed by atoms with Gasteiger partial charge in [0.05, 0.1) is 28.9 Å². The summed E-state index contributed by atoms with van der Waals surface area (Å²) >= 11 is 1.21. The Labute approximate surface area is 214 Å². The number of Topliss-reactive ketones (excluding diaryl/α,β-unsaturated/α-hetero) is 1. The van der Waals surface area contributed by atoms with E-state index in [1.165, 1.54) is 40.5 Å². The first kappa shape index (κ1) is 23.0. The Morgan fingerprint density at radius 1 is 1.05 bits per heavy atom. The van der Waals surface area contributed by atoms with E-state index in [0.717, 1.165) is 4.70 Å². The highest BCUT2D eigenvalue weighted by atomic mass is 32.1. The summed E-state index contributed by atoms with van der Waals surface area (Å²) in [5.41, 5.74) is 1.21. The zero-order valence-corrected chi connectivity index (χ0v) is 20.3. The number of halogens is 1. The van der Waals surface area contributed by atoms with E-state index in [9.17, 15) is 19.1 Å². The van der Waals surface area contributed by atoms with E-state index in [2.05, 4.69) is 4.98 Å². The molecule has 3 heterocycles. The molecule has 0 spiro atoms. The maximum absolute atomic E-state index is 13.8. The second kappa shape index (κ2) is 8.90. The number of aromatic nitrogens is 1. The van der Waals surface area contributed by atoms with E-state index < -0.39 is 23.5 Å². The van der Waals surface area contributed by atoms with Crippen LogP contribution in [0.2, 0.25) is 0 Å². The Balaban J connectivity index is 1.52. The lowest BCUT2D eigenvalue weighted by Crippen LogP contribution is -2.29. The van der Waals surface area contributed by atoms with Gasteiger partial charge < -0.3 is 19.3 Å². The maximum Gasteiger partial charge on any atom is 0.301 e. The number of hydrogen-bond donors (Lipinski definition) is 1. The van der Waals surface area contributed by atoms with Crippen LogP contribution in [-0.2, 0) is 9.59 Å². The summed E-state index contributed by atoms with van der Waals surface area (Å²) in [6, 6.07) is 14.5. The molecule has 1 fully saturated rings. The molecule has 37 heavy (non-hydrogen) atoms. The number of aliphatic hydroxyl groups is 1. The molecule has 10 heteroatoms. The second-order valence-corrected chi connectivity index (χ2v) is 9.42. The van der Waals surface area contributed by atoms with E-state index in [4.69, 9.17) is 14.2 Å². The van der Waals surface area contributed by atoms with Crippen LogP contribution in [0.3, 0.4) is 0 Å². The average molecular weight is 519 g/mol. The van der Waals surface area contributed by atoms with Gasteiger partial charge in [0.2, 0.25) is 0 Å². The highest BCUT2D eigenvalue weighted by Crippen LogP contribution is 2.45. The van der Waals surface area contributed by atoms with Gasteiger partial charge in [-0.1, -0.05) is 23.5 Å². The molecule has 1 aromatic heterocycles. The topological polar surface area (TPSA) is 98.2 Å². The Kier molecular flexibility index (Phi) is 5.53. The summed E-state index contributed by atoms with van der Waals surface area (Å²) in [4.78, 5) is 32.6. The van der Waals surface area contributed by atoms with Crippen molar-refractivity contribution in [1.82, 2.24) is 4.98 Å². The summed E-state index contributed by atoms with van der Waals surface area (Å²) in [7, 11) is 1.55. The Bertz CT molecular complexity index is 1600. The van der Waals surface area contributed by atoms with Crippen molar-refractivity contribution in [3.63, 3.8) is 0 Å². The van der Waals surface area contributed by atoms with E-state index in [-0.39, 0.29) is 22.0 Å². The standard InChI is InChI=1S/C27H19FN2O6S/c1-34-17-7-8-18-21(13-17)37-27(29-18)30-23(14-2-5-16(28)6-3-14)22(25(32)26(30)33)24(31)15-4-9-19-20(12-15)36-11-10-35-19/h2-9,12-13,23,31H,10-11H2,1H3/b24-22+. The zero-order chi connectivity index (χ0) is 25.7. The molecule has 0 radical (unpaired) electrons. The van der Waals surface area contributed by atoms with Crippen molar-refractivity contribution < 1.29 is 33.3 Å². The molecular weight excluding hydrogens is 499 g/mol. The van der Waals surface area contributed by atoms with Crippen LogP contribution in [0, 0.1) is 5.82 Å². The number of methoxy groups -OCH3 is 1. The van der Waals surface area contributed by atoms with Crippen LogP contribution in [0.1, 0.15) is 17.2 Å². The normalized spacial score (nSPS) is 18.4. The van der Waals surface area contributed by atoms with E-state index >= 15 is 0 Å². The first-order valence-corrected chi connectivity index (χ1v) is 12.2. The number of benzene rings is 3. The number of anilines is 1. The fourth-order valence-corrected chi connectivity index (χ4v) is 5.48. The third-order valence-electron chi connectivity index (χ3n) is 6.24. The number of fused-ring (bicyclic) bond motifs is 2. The van der Waals surface area contributed by atoms with E-state index in [1.54, 1.807) is 43.5 Å². The number of nitrogens with zero attached hydrogens (tertiary/aromatic N) is 2. The fourth-order valence-electron chi connectivity index (χ4n) is 4.46. The van der Waals surface area contributed by atoms with Crippen LogP contribution in [0.5, 0.6) is 17.2 Å². The Morgan fingerprint density at radius 3 is 2.57 bits per heavy atom. The molecule has 2 aliphatic rings. The molecule has 2 aliphatic heterocycles. The summed E-state index contributed by atoms with van der Waals surface area (Å²) in [5, 5.41) is 11.6. The van der Waals surface area contributed by atoms with Crippen molar-refractivity contribution in [2.75, 3.05) is 25.2 Å². The van der Waals surface area contributed by atoms with Gasteiger partial charge in [-0.2, -0.15) is 0 Å². The van der Waals surface area contributed by atoms with Gasteiger partial charge in [0.15, 0.2) is 16.6 Å². The number of thiazole rings is 1. The predicted molar refractivity (Wildman–Crippen MR) is 135 cm³/mol. The van der Waals surface area contributed by atoms with Crippen LogP contribution < -0.4 is 19.1 Å². The molecule has 4 aromatic rings. The van der Waals surface area contributed by atoms with Crippen molar-refractivity contribution in [3.05, 3.63) is 83.2 Å². The smallest absolute Gasteiger partial charge is 0.301 e. The number of carbonyl (C=O) groups excluding carboxylic acids is 2. The molecule has 6 rings (SSSR count). The fraction of sp³-hybridized carbons (Fsp3) is 0.148. The van der Waals surface area contributed by atoms with Gasteiger partial charge in [-0.15, -0.1) is 0 Å².